The van der Waals surface area contributed by atoms with E-state index in [1.165, 1.54) is 28.8 Å². The summed E-state index contributed by atoms with van der Waals surface area (Å²) in [6, 6.07) is 39.5. The van der Waals surface area contributed by atoms with Gasteiger partial charge >= 0.3 is 0 Å². The van der Waals surface area contributed by atoms with Crippen molar-refractivity contribution < 1.29 is 18.1 Å². The lowest BCUT2D eigenvalue weighted by molar-refractivity contribution is -0.384. The Morgan fingerprint density at radius 3 is 2.19 bits per heavy atom. The smallest absolute Gasteiger partial charge is 0.293 e. The number of hydrogen-bond donors (Lipinski definition) is 2. The first-order valence-corrected chi connectivity index (χ1v) is 20.6. The van der Waals surface area contributed by atoms with Gasteiger partial charge < -0.3 is 10.2 Å². The lowest BCUT2D eigenvalue weighted by Gasteiger charge is -2.36. The van der Waals surface area contributed by atoms with E-state index in [-0.39, 0.29) is 33.1 Å². The summed E-state index contributed by atoms with van der Waals surface area (Å²) in [6.45, 7) is 4.22. The molecule has 2 atom stereocenters. The second kappa shape index (κ2) is 16.9. The van der Waals surface area contributed by atoms with Crippen LogP contribution in [0.3, 0.4) is 0 Å². The molecule has 7 rings (SSSR count). The van der Waals surface area contributed by atoms with Gasteiger partial charge in [0.05, 0.1) is 9.82 Å². The SMILES string of the molecule is O=C(NS(=O)(=O)c1ccc(N[C@@H]2CCCC[C@@H]2Sc2ccccc2)c([N+](=O)[O-])c1)c1ccc(N2CCN(Cc3ccccc3-c3ccccc3)CC2)cc1. The third-order valence-electron chi connectivity index (χ3n) is 10.1. The van der Waals surface area contributed by atoms with Crippen LogP contribution in [0.1, 0.15) is 41.6 Å². The highest BCUT2D eigenvalue weighted by molar-refractivity contribution is 8.00. The molecule has 1 aliphatic heterocycles. The number of nitrogens with one attached hydrogen (secondary N) is 2. The van der Waals surface area contributed by atoms with E-state index in [1.54, 1.807) is 23.9 Å². The van der Waals surface area contributed by atoms with Crippen LogP contribution < -0.4 is 14.9 Å². The lowest BCUT2D eigenvalue weighted by atomic mass is 9.94. The van der Waals surface area contributed by atoms with Crippen LogP contribution in [0.15, 0.2) is 137 Å². The number of rotatable bonds is 12. The summed E-state index contributed by atoms with van der Waals surface area (Å²) in [7, 11) is -4.40. The first-order valence-electron chi connectivity index (χ1n) is 18.3. The molecule has 1 saturated carbocycles. The monoisotopic (exact) mass is 761 g/mol. The van der Waals surface area contributed by atoms with E-state index < -0.39 is 20.9 Å². The van der Waals surface area contributed by atoms with Crippen molar-refractivity contribution in [1.29, 1.82) is 0 Å². The van der Waals surface area contributed by atoms with Gasteiger partial charge in [-0.3, -0.25) is 19.8 Å². The zero-order valence-electron chi connectivity index (χ0n) is 29.8. The van der Waals surface area contributed by atoms with Gasteiger partial charge in [0.25, 0.3) is 21.6 Å². The van der Waals surface area contributed by atoms with Crippen molar-refractivity contribution in [1.82, 2.24) is 9.62 Å². The molecule has 0 unspecified atom stereocenters. The molecule has 1 aliphatic carbocycles. The highest BCUT2D eigenvalue weighted by Crippen LogP contribution is 2.37. The summed E-state index contributed by atoms with van der Waals surface area (Å²) in [5.41, 5.74) is 4.75. The fraction of sp³-hybridized carbons (Fsp3) is 0.262. The number of nitro groups is 1. The number of amides is 1. The Kier molecular flexibility index (Phi) is 11.6. The molecule has 2 aliphatic rings. The Labute approximate surface area is 320 Å². The van der Waals surface area contributed by atoms with Gasteiger partial charge in [-0.1, -0.05) is 85.6 Å². The van der Waals surface area contributed by atoms with Crippen molar-refractivity contribution in [3.8, 4) is 11.1 Å². The van der Waals surface area contributed by atoms with Crippen molar-refractivity contribution in [2.75, 3.05) is 36.4 Å². The number of nitro benzene ring substituents is 1. The predicted molar refractivity (Wildman–Crippen MR) is 216 cm³/mol. The summed E-state index contributed by atoms with van der Waals surface area (Å²) in [6.07, 6.45) is 3.88. The normalized spacial score (nSPS) is 17.8. The maximum Gasteiger partial charge on any atom is 0.293 e. The van der Waals surface area contributed by atoms with E-state index >= 15 is 0 Å². The summed E-state index contributed by atoms with van der Waals surface area (Å²) in [5.74, 6) is -0.809. The Balaban J connectivity index is 0.960. The molecular weight excluding hydrogens is 719 g/mol. The van der Waals surface area contributed by atoms with Gasteiger partial charge in [0.1, 0.15) is 5.69 Å². The van der Waals surface area contributed by atoms with E-state index in [9.17, 15) is 23.3 Å². The van der Waals surface area contributed by atoms with Crippen LogP contribution in [0.25, 0.3) is 11.1 Å². The van der Waals surface area contributed by atoms with Crippen molar-refractivity contribution >= 4 is 44.8 Å². The van der Waals surface area contributed by atoms with Gasteiger partial charge in [-0.15, -0.1) is 11.8 Å². The van der Waals surface area contributed by atoms with Crippen molar-refractivity contribution in [3.05, 3.63) is 149 Å². The number of benzene rings is 5. The van der Waals surface area contributed by atoms with Gasteiger partial charge in [-0.05, 0) is 78.1 Å². The van der Waals surface area contributed by atoms with Crippen LogP contribution in [-0.4, -0.2) is 61.6 Å². The Bertz CT molecular complexity index is 2180. The summed E-state index contributed by atoms with van der Waals surface area (Å²) in [5, 5.41) is 15.7. The summed E-state index contributed by atoms with van der Waals surface area (Å²) < 4.78 is 28.8. The van der Waals surface area contributed by atoms with Crippen LogP contribution >= 0.6 is 11.8 Å². The minimum atomic E-state index is -4.40. The molecule has 5 aromatic rings. The molecule has 0 bridgehead atoms. The molecule has 0 aromatic heterocycles. The van der Waals surface area contributed by atoms with Crippen LogP contribution in [0, 0.1) is 10.1 Å². The van der Waals surface area contributed by atoms with Crippen LogP contribution in [0.4, 0.5) is 17.1 Å². The highest BCUT2D eigenvalue weighted by Gasteiger charge is 2.30. The molecule has 0 radical (unpaired) electrons. The first kappa shape index (κ1) is 37.2. The molecule has 1 amide bonds. The summed E-state index contributed by atoms with van der Waals surface area (Å²) in [4.78, 5) is 30.2. The maximum atomic E-state index is 13.3. The predicted octanol–water partition coefficient (Wildman–Crippen LogP) is 8.22. The zero-order chi connectivity index (χ0) is 37.5. The van der Waals surface area contributed by atoms with Crippen molar-refractivity contribution in [3.63, 3.8) is 0 Å². The number of piperazine rings is 1. The first-order chi connectivity index (χ1) is 26.2. The third kappa shape index (κ3) is 8.95. The second-order valence-electron chi connectivity index (χ2n) is 13.7. The maximum absolute atomic E-state index is 13.3. The number of anilines is 2. The van der Waals surface area contributed by atoms with E-state index in [4.69, 9.17) is 0 Å². The Hall–Kier alpha value is -5.17. The molecule has 1 heterocycles. The average molecular weight is 762 g/mol. The molecular formula is C42H43N5O5S2. The van der Waals surface area contributed by atoms with Gasteiger partial charge in [0.2, 0.25) is 0 Å². The Morgan fingerprint density at radius 2 is 1.46 bits per heavy atom. The van der Waals surface area contributed by atoms with Gasteiger partial charge in [-0.25, -0.2) is 13.1 Å². The molecule has 2 fully saturated rings. The fourth-order valence-corrected chi connectivity index (χ4v) is 9.56. The standard InChI is InChI=1S/C42H43N5O5S2/c48-42(32-19-21-34(22-20-32)46-27-25-45(26-28-46)30-33-13-7-8-16-37(33)31-11-3-1-4-12-31)44-54(51,52)36-23-24-38(40(29-36)47(49)50)43-39-17-9-10-18-41(39)53-35-14-5-2-6-15-35/h1-8,11-16,19-24,29,39,41,43H,9-10,17-18,25-28,30H2,(H,44,48)/t39-,41+/m1/s1. The number of carbonyl (C=O) groups is 1. The molecule has 5 aromatic carbocycles. The number of nitrogens with zero attached hydrogens (tertiary/aromatic N) is 3. The van der Waals surface area contributed by atoms with E-state index in [2.05, 4.69) is 80.5 Å². The Morgan fingerprint density at radius 1 is 0.796 bits per heavy atom. The fourth-order valence-electron chi connectivity index (χ4n) is 7.25. The van der Waals surface area contributed by atoms with E-state index in [1.807, 2.05) is 36.4 Å². The number of thioether (sulfide) groups is 1. The topological polar surface area (TPSA) is 125 Å². The minimum Gasteiger partial charge on any atom is -0.376 e. The molecule has 54 heavy (non-hydrogen) atoms. The third-order valence-corrected chi connectivity index (χ3v) is 12.9. The second-order valence-corrected chi connectivity index (χ2v) is 16.7. The van der Waals surface area contributed by atoms with Crippen LogP contribution in [0.2, 0.25) is 0 Å². The molecule has 2 N–H and O–H groups in total. The van der Waals surface area contributed by atoms with Crippen LogP contribution in [0.5, 0.6) is 0 Å². The molecule has 12 heteroatoms. The van der Waals surface area contributed by atoms with Crippen molar-refractivity contribution in [2.24, 2.45) is 0 Å². The largest absolute Gasteiger partial charge is 0.376 e. The van der Waals surface area contributed by atoms with E-state index in [0.717, 1.165) is 75.1 Å². The summed E-state index contributed by atoms with van der Waals surface area (Å²) >= 11 is 1.75. The highest BCUT2D eigenvalue weighted by atomic mass is 32.2. The minimum absolute atomic E-state index is 0.0286. The van der Waals surface area contributed by atoms with Crippen LogP contribution in [-0.2, 0) is 16.6 Å². The number of hydrogen-bond acceptors (Lipinski definition) is 9. The van der Waals surface area contributed by atoms with Gasteiger partial charge in [0.15, 0.2) is 0 Å². The van der Waals surface area contributed by atoms with Gasteiger partial charge in [-0.2, -0.15) is 0 Å². The number of sulfonamides is 1. The molecule has 278 valence electrons. The quantitative estimate of drug-likeness (QED) is 0.0956. The zero-order valence-corrected chi connectivity index (χ0v) is 31.5. The molecule has 1 saturated heterocycles. The average Bonchev–Trinajstić information content (AvgIpc) is 3.20. The molecule has 0 spiro atoms. The van der Waals surface area contributed by atoms with E-state index in [0.29, 0.717) is 0 Å². The van der Waals surface area contributed by atoms with Gasteiger partial charge in [0, 0.05) is 66.2 Å². The number of carbonyl (C=O) groups excluding carboxylic acids is 1. The molecule has 10 nitrogen and oxygen atoms in total. The van der Waals surface area contributed by atoms with Crippen molar-refractivity contribution in [2.45, 2.75) is 53.3 Å². The lowest BCUT2D eigenvalue weighted by Crippen LogP contribution is -2.46.